The number of pyridine rings is 1. The lowest BCUT2D eigenvalue weighted by Crippen LogP contribution is -2.14. The Morgan fingerprint density at radius 3 is 2.56 bits per heavy atom. The average molecular weight is 476 g/mol. The third-order valence-electron chi connectivity index (χ3n) is 5.01. The highest BCUT2D eigenvalue weighted by molar-refractivity contribution is 6.02. The number of H-pyrrole nitrogens is 1. The molecule has 176 valence electrons. The van der Waals surface area contributed by atoms with Gasteiger partial charge in [0.05, 0.1) is 37.2 Å². The van der Waals surface area contributed by atoms with Crippen molar-refractivity contribution in [2.45, 2.75) is 19.0 Å². The molecular formula is C22H17F5N6O. The van der Waals surface area contributed by atoms with E-state index in [1.807, 2.05) is 0 Å². The monoisotopic (exact) mass is 476 g/mol. The first-order chi connectivity index (χ1) is 16.2. The lowest BCUT2D eigenvalue weighted by molar-refractivity contribution is -0.133. The third-order valence-corrected chi connectivity index (χ3v) is 5.01. The van der Waals surface area contributed by atoms with Gasteiger partial charge in [0.25, 0.3) is 0 Å². The van der Waals surface area contributed by atoms with Crippen LogP contribution in [0.3, 0.4) is 0 Å². The molecule has 7 nitrogen and oxygen atoms in total. The first kappa shape index (κ1) is 23.1. The van der Waals surface area contributed by atoms with Gasteiger partial charge in [-0.2, -0.15) is 23.3 Å². The summed E-state index contributed by atoms with van der Waals surface area (Å²) < 4.78 is 72.6. The van der Waals surface area contributed by atoms with Crippen LogP contribution in [0.25, 0.3) is 28.0 Å². The van der Waals surface area contributed by atoms with Gasteiger partial charge in [-0.25, -0.2) is 13.8 Å². The zero-order valence-electron chi connectivity index (χ0n) is 17.6. The molecule has 3 aromatic heterocycles. The number of nitrogens with zero attached hydrogens (tertiary/aromatic N) is 4. The summed E-state index contributed by atoms with van der Waals surface area (Å²) in [6.45, 7) is 0. The number of nitrogens with one attached hydrogen (secondary N) is 2. The molecule has 4 aromatic rings. The van der Waals surface area contributed by atoms with Crippen LogP contribution in [0.4, 0.5) is 22.0 Å². The molecule has 0 aliphatic heterocycles. The molecule has 0 spiro atoms. The number of aromatic amines is 1. The number of fused-ring (bicyclic) bond motifs is 1. The van der Waals surface area contributed by atoms with Crippen molar-refractivity contribution < 1.29 is 26.7 Å². The Balaban J connectivity index is 1.72. The summed E-state index contributed by atoms with van der Waals surface area (Å²) in [5, 5.41) is 14.8. The topological polar surface area (TPSA) is 91.4 Å². The van der Waals surface area contributed by atoms with Gasteiger partial charge in [0.2, 0.25) is 0 Å². The molecule has 0 aliphatic rings. The van der Waals surface area contributed by atoms with Crippen molar-refractivity contribution >= 4 is 17.4 Å². The first-order valence-corrected chi connectivity index (χ1v) is 9.90. The molecule has 0 radical (unpaired) electrons. The number of aromatic nitrogens is 4. The molecular weight excluding hydrogens is 459 g/mol. The Morgan fingerprint density at radius 2 is 1.88 bits per heavy atom. The first-order valence-electron chi connectivity index (χ1n) is 9.90. The summed E-state index contributed by atoms with van der Waals surface area (Å²) >= 11 is 0. The highest BCUT2D eigenvalue weighted by Crippen LogP contribution is 2.33. The van der Waals surface area contributed by atoms with Gasteiger partial charge in [-0.1, -0.05) is 6.07 Å². The fraction of sp³-hybridized carbons (Fsp3) is 0.182. The van der Waals surface area contributed by atoms with Gasteiger partial charge >= 0.3 is 6.18 Å². The van der Waals surface area contributed by atoms with Crippen molar-refractivity contribution in [1.82, 2.24) is 19.6 Å². The molecule has 3 heterocycles. The van der Waals surface area contributed by atoms with Crippen molar-refractivity contribution in [2.24, 2.45) is 4.99 Å². The molecule has 0 saturated carbocycles. The third kappa shape index (κ3) is 4.65. The number of hydrogen-bond acceptors (Lipinski definition) is 4. The smallest absolute Gasteiger partial charge is 0.389 e. The maximum atomic E-state index is 14.3. The Kier molecular flexibility index (Phi) is 6.14. The molecule has 0 fully saturated rings. The van der Waals surface area contributed by atoms with E-state index in [-0.39, 0.29) is 28.7 Å². The van der Waals surface area contributed by atoms with Crippen LogP contribution in [-0.4, -0.2) is 44.6 Å². The van der Waals surface area contributed by atoms with E-state index in [9.17, 15) is 22.0 Å². The van der Waals surface area contributed by atoms with E-state index in [0.29, 0.717) is 16.8 Å². The van der Waals surface area contributed by atoms with E-state index in [2.05, 4.69) is 20.2 Å². The number of hydrogen-bond donors (Lipinski definition) is 2. The highest BCUT2D eigenvalue weighted by Gasteiger charge is 2.28. The van der Waals surface area contributed by atoms with Gasteiger partial charge in [-0.3, -0.25) is 14.9 Å². The standard InChI is InChI=1S/C22H17F5N6O/c1-34-18(7-8-22(25,26)27)31-21(28)16-10-29-17-6-5-12(11-33(16)17)13-9-30-32-20(13)19-14(23)3-2-4-15(19)24/h2-6,9-11,28H,7-8H2,1H3,(H,30,32). The Bertz CT molecular complexity index is 1370. The minimum atomic E-state index is -4.39. The van der Waals surface area contributed by atoms with E-state index < -0.39 is 30.7 Å². The number of alkyl halides is 3. The number of benzene rings is 1. The molecule has 0 saturated heterocycles. The van der Waals surface area contributed by atoms with Crippen LogP contribution in [0, 0.1) is 17.0 Å². The van der Waals surface area contributed by atoms with Gasteiger partial charge in [0, 0.05) is 23.7 Å². The summed E-state index contributed by atoms with van der Waals surface area (Å²) in [5.41, 5.74) is 1.35. The summed E-state index contributed by atoms with van der Waals surface area (Å²) in [7, 11) is 1.18. The number of methoxy groups -OCH3 is 1. The molecule has 0 bridgehead atoms. The molecule has 0 aliphatic carbocycles. The fourth-order valence-electron chi connectivity index (χ4n) is 3.38. The van der Waals surface area contributed by atoms with Crippen LogP contribution < -0.4 is 0 Å². The predicted octanol–water partition coefficient (Wildman–Crippen LogP) is 5.38. The number of rotatable bonds is 5. The SMILES string of the molecule is COC(CCC(F)(F)F)=NC(=N)c1cnc2ccc(-c3cn[nH]c3-c3c(F)cccc3F)cn12. The van der Waals surface area contributed by atoms with E-state index in [0.717, 1.165) is 12.1 Å². The van der Waals surface area contributed by atoms with Crippen LogP contribution in [0.15, 0.2) is 53.9 Å². The summed E-state index contributed by atoms with van der Waals surface area (Å²) in [5.74, 6) is -2.15. The number of ether oxygens (including phenoxy) is 1. The average Bonchev–Trinajstić information content (AvgIpc) is 3.42. The second-order valence-corrected chi connectivity index (χ2v) is 7.22. The minimum Gasteiger partial charge on any atom is -0.484 e. The van der Waals surface area contributed by atoms with Crippen molar-refractivity contribution in [3.05, 3.63) is 66.3 Å². The van der Waals surface area contributed by atoms with Crippen molar-refractivity contribution in [3.8, 4) is 22.4 Å². The van der Waals surface area contributed by atoms with E-state index in [1.165, 1.54) is 30.0 Å². The van der Waals surface area contributed by atoms with Crippen LogP contribution in [-0.2, 0) is 4.74 Å². The molecule has 0 atom stereocenters. The van der Waals surface area contributed by atoms with Crippen molar-refractivity contribution in [3.63, 3.8) is 0 Å². The van der Waals surface area contributed by atoms with E-state index in [1.54, 1.807) is 18.3 Å². The maximum absolute atomic E-state index is 14.3. The second-order valence-electron chi connectivity index (χ2n) is 7.22. The van der Waals surface area contributed by atoms with Crippen LogP contribution in [0.5, 0.6) is 0 Å². The second kappa shape index (κ2) is 9.04. The summed E-state index contributed by atoms with van der Waals surface area (Å²) in [6.07, 6.45) is -1.73. The molecule has 1 aromatic carbocycles. The summed E-state index contributed by atoms with van der Waals surface area (Å²) in [6, 6.07) is 6.79. The van der Waals surface area contributed by atoms with E-state index >= 15 is 0 Å². The van der Waals surface area contributed by atoms with Crippen LogP contribution >= 0.6 is 0 Å². The Labute approximate surface area is 189 Å². The summed E-state index contributed by atoms with van der Waals surface area (Å²) in [4.78, 5) is 8.05. The van der Waals surface area contributed by atoms with E-state index in [4.69, 9.17) is 10.1 Å². The lowest BCUT2D eigenvalue weighted by atomic mass is 10.0. The quantitative estimate of drug-likeness (QED) is 0.230. The molecule has 34 heavy (non-hydrogen) atoms. The molecule has 4 rings (SSSR count). The fourth-order valence-corrected chi connectivity index (χ4v) is 3.38. The van der Waals surface area contributed by atoms with Gasteiger partial charge in [-0.05, 0) is 24.3 Å². The highest BCUT2D eigenvalue weighted by atomic mass is 19.4. The van der Waals surface area contributed by atoms with Crippen LogP contribution in [0.1, 0.15) is 18.5 Å². The van der Waals surface area contributed by atoms with Gasteiger partial charge in [-0.15, -0.1) is 0 Å². The molecule has 0 unspecified atom stereocenters. The maximum Gasteiger partial charge on any atom is 0.389 e. The molecule has 12 heteroatoms. The Morgan fingerprint density at radius 1 is 1.15 bits per heavy atom. The zero-order chi connectivity index (χ0) is 24.5. The van der Waals surface area contributed by atoms with Crippen molar-refractivity contribution in [1.29, 1.82) is 5.41 Å². The normalized spacial score (nSPS) is 12.4. The Hall–Kier alpha value is -4.09. The van der Waals surface area contributed by atoms with Gasteiger partial charge in [0.1, 0.15) is 23.0 Å². The largest absolute Gasteiger partial charge is 0.484 e. The van der Waals surface area contributed by atoms with Gasteiger partial charge in [0.15, 0.2) is 11.7 Å². The number of imidazole rings is 1. The minimum absolute atomic E-state index is 0.124. The van der Waals surface area contributed by atoms with Crippen LogP contribution in [0.2, 0.25) is 0 Å². The van der Waals surface area contributed by atoms with Crippen molar-refractivity contribution in [2.75, 3.05) is 7.11 Å². The molecule has 2 N–H and O–H groups in total. The number of halogens is 5. The number of amidine groups is 1. The lowest BCUT2D eigenvalue weighted by Gasteiger charge is -2.09. The zero-order valence-corrected chi connectivity index (χ0v) is 17.6. The predicted molar refractivity (Wildman–Crippen MR) is 115 cm³/mol. The van der Waals surface area contributed by atoms with Gasteiger partial charge < -0.3 is 4.74 Å². The number of aliphatic imine (C=N–C) groups is 1. The molecule has 0 amide bonds.